The molecule has 0 spiro atoms. The monoisotopic (exact) mass is 618 g/mol. The summed E-state index contributed by atoms with van der Waals surface area (Å²) in [4.78, 5) is 28.4. The van der Waals surface area contributed by atoms with Crippen LogP contribution in [0.4, 0.5) is 0 Å². The highest BCUT2D eigenvalue weighted by Gasteiger charge is 2.46. The summed E-state index contributed by atoms with van der Waals surface area (Å²) >= 11 is 0. The molecule has 8 nitrogen and oxygen atoms in total. The number of aromatic amines is 1. The van der Waals surface area contributed by atoms with Gasteiger partial charge in [-0.2, -0.15) is 0 Å². The topological polar surface area (TPSA) is 91.8 Å². The summed E-state index contributed by atoms with van der Waals surface area (Å²) in [6.45, 7) is 26.8. The van der Waals surface area contributed by atoms with E-state index >= 15 is 0 Å². The lowest BCUT2D eigenvalue weighted by Gasteiger charge is -2.40. The van der Waals surface area contributed by atoms with Gasteiger partial charge in [0, 0.05) is 12.6 Å². The number of nitrogens with one attached hydrogen (secondary N) is 1. The van der Waals surface area contributed by atoms with E-state index in [2.05, 4.69) is 86.6 Å². The Morgan fingerprint density at radius 2 is 1.57 bits per heavy atom. The lowest BCUT2D eigenvalue weighted by molar-refractivity contribution is -0.0417. The molecule has 1 N–H and O–H groups in total. The van der Waals surface area contributed by atoms with Gasteiger partial charge in [0.25, 0.3) is 5.56 Å². The zero-order valence-corrected chi connectivity index (χ0v) is 29.9. The molecule has 3 rings (SSSR count). The van der Waals surface area contributed by atoms with E-state index in [1.54, 1.807) is 6.20 Å². The fourth-order valence-corrected chi connectivity index (χ4v) is 6.92. The van der Waals surface area contributed by atoms with Gasteiger partial charge in [-0.1, -0.05) is 85.7 Å². The Bertz CT molecular complexity index is 1290. The van der Waals surface area contributed by atoms with Crippen LogP contribution in [0.1, 0.15) is 85.3 Å². The van der Waals surface area contributed by atoms with Crippen LogP contribution in [0.15, 0.2) is 46.1 Å². The zero-order chi connectivity index (χ0) is 31.7. The largest absolute Gasteiger partial charge is 0.414 e. The summed E-state index contributed by atoms with van der Waals surface area (Å²) in [5.41, 5.74) is 0.472. The Hall–Kier alpha value is -1.83. The van der Waals surface area contributed by atoms with Crippen molar-refractivity contribution in [2.24, 2.45) is 5.92 Å². The van der Waals surface area contributed by atoms with E-state index in [0.29, 0.717) is 18.6 Å². The number of benzene rings is 1. The van der Waals surface area contributed by atoms with E-state index < -0.39 is 34.1 Å². The fraction of sp³-hybridized carbons (Fsp3) is 0.688. The van der Waals surface area contributed by atoms with Gasteiger partial charge in [-0.25, -0.2) is 4.79 Å². The average molecular weight is 619 g/mol. The van der Waals surface area contributed by atoms with E-state index in [1.165, 1.54) is 4.57 Å². The van der Waals surface area contributed by atoms with E-state index in [1.807, 2.05) is 30.3 Å². The second kappa shape index (κ2) is 13.0. The van der Waals surface area contributed by atoms with Crippen molar-refractivity contribution in [3.8, 4) is 0 Å². The predicted octanol–water partition coefficient (Wildman–Crippen LogP) is 7.15. The van der Waals surface area contributed by atoms with Gasteiger partial charge < -0.3 is 18.3 Å². The standard InChI is InChI=1S/C32H54N2O6Si2/c1-22(2)28(23-16-14-13-15-17-23)37-20-24-19-34(30(36)33-29(24)35)27-18-25(40-42(11,12)32(6,7)8)26(39-27)21-38-41(9,10)31(3,4)5/h13-17,19,22,25-28H,18,20-21H2,1-12H3,(H,33,35,36)/t25-,26+,27+,28?/m0/s1. The first-order chi connectivity index (χ1) is 19.2. The van der Waals surface area contributed by atoms with Crippen LogP contribution >= 0.6 is 0 Å². The summed E-state index contributed by atoms with van der Waals surface area (Å²) in [6.07, 6.45) is 0.735. The molecule has 4 atom stereocenters. The van der Waals surface area contributed by atoms with Gasteiger partial charge in [0.1, 0.15) is 12.3 Å². The number of nitrogens with zero attached hydrogens (tertiary/aromatic N) is 1. The second-order valence-electron chi connectivity index (χ2n) is 15.1. The third-order valence-corrected chi connectivity index (χ3v) is 18.4. The Morgan fingerprint density at radius 1 is 0.976 bits per heavy atom. The molecule has 1 unspecified atom stereocenters. The molecule has 0 aliphatic carbocycles. The lowest BCUT2D eigenvalue weighted by atomic mass is 9.99. The van der Waals surface area contributed by atoms with E-state index in [-0.39, 0.29) is 40.9 Å². The predicted molar refractivity (Wildman–Crippen MR) is 174 cm³/mol. The van der Waals surface area contributed by atoms with Crippen molar-refractivity contribution in [2.45, 2.75) is 129 Å². The number of hydrogen-bond donors (Lipinski definition) is 1. The highest BCUT2D eigenvalue weighted by molar-refractivity contribution is 6.74. The van der Waals surface area contributed by atoms with Crippen molar-refractivity contribution in [3.63, 3.8) is 0 Å². The maximum Gasteiger partial charge on any atom is 0.330 e. The molecule has 1 aliphatic heterocycles. The van der Waals surface area contributed by atoms with Crippen molar-refractivity contribution in [3.05, 3.63) is 68.5 Å². The maximum atomic E-state index is 13.1. The van der Waals surface area contributed by atoms with Crippen molar-refractivity contribution >= 4 is 16.6 Å². The van der Waals surface area contributed by atoms with Crippen LogP contribution in [-0.4, -0.2) is 45.0 Å². The van der Waals surface area contributed by atoms with Crippen molar-refractivity contribution < 1.29 is 18.3 Å². The molecule has 1 aliphatic rings. The molecule has 2 aromatic rings. The van der Waals surface area contributed by atoms with Gasteiger partial charge in [-0.05, 0) is 47.7 Å². The smallest absolute Gasteiger partial charge is 0.330 e. The Labute approximate surface area is 254 Å². The summed E-state index contributed by atoms with van der Waals surface area (Å²) < 4.78 is 27.7. The van der Waals surface area contributed by atoms with Crippen LogP contribution in [0.5, 0.6) is 0 Å². The number of aromatic nitrogens is 2. The van der Waals surface area contributed by atoms with Crippen molar-refractivity contribution in [2.75, 3.05) is 6.61 Å². The van der Waals surface area contributed by atoms with E-state index in [4.69, 9.17) is 18.3 Å². The van der Waals surface area contributed by atoms with Gasteiger partial charge in [0.15, 0.2) is 16.6 Å². The first-order valence-corrected chi connectivity index (χ1v) is 21.0. The first kappa shape index (κ1) is 34.7. The van der Waals surface area contributed by atoms with Crippen LogP contribution in [0, 0.1) is 5.92 Å². The first-order valence-electron chi connectivity index (χ1n) is 15.2. The minimum atomic E-state index is -2.15. The van der Waals surface area contributed by atoms with Crippen LogP contribution < -0.4 is 11.2 Å². The van der Waals surface area contributed by atoms with E-state index in [0.717, 1.165) is 5.56 Å². The Morgan fingerprint density at radius 3 is 2.12 bits per heavy atom. The number of rotatable bonds is 11. The summed E-state index contributed by atoms with van der Waals surface area (Å²) in [7, 11) is -4.19. The summed E-state index contributed by atoms with van der Waals surface area (Å²) in [6, 6.07) is 9.97. The SMILES string of the molecule is CC(C)C(OCc1cn([C@H]2C[C@H](O[Si](C)(C)C(C)(C)C)[C@@H](CO[Si](C)(C)C(C)(C)C)O2)c(=O)[nH]c1=O)c1ccccc1. The number of hydrogen-bond acceptors (Lipinski definition) is 6. The molecule has 10 heteroatoms. The lowest BCUT2D eigenvalue weighted by Crippen LogP contribution is -2.48. The second-order valence-corrected chi connectivity index (χ2v) is 24.6. The molecule has 0 bridgehead atoms. The molecule has 1 fully saturated rings. The third-order valence-electron chi connectivity index (χ3n) is 9.35. The summed E-state index contributed by atoms with van der Waals surface area (Å²) in [5.74, 6) is 0.199. The van der Waals surface area contributed by atoms with Gasteiger partial charge >= 0.3 is 5.69 Å². The molecule has 1 saturated heterocycles. The minimum Gasteiger partial charge on any atom is -0.414 e. The minimum absolute atomic E-state index is 0.0148. The molecular formula is C32H54N2O6Si2. The number of ether oxygens (including phenoxy) is 2. The third kappa shape index (κ3) is 8.21. The molecule has 1 aromatic heterocycles. The van der Waals surface area contributed by atoms with Gasteiger partial charge in [0.05, 0.1) is 31.0 Å². The Balaban J connectivity index is 1.88. The highest BCUT2D eigenvalue weighted by Crippen LogP contribution is 2.42. The van der Waals surface area contributed by atoms with Crippen molar-refractivity contribution in [1.82, 2.24) is 9.55 Å². The molecule has 2 heterocycles. The zero-order valence-electron chi connectivity index (χ0n) is 27.9. The molecular weight excluding hydrogens is 565 g/mol. The quantitative estimate of drug-likeness (QED) is 0.269. The highest BCUT2D eigenvalue weighted by atomic mass is 28.4. The molecule has 0 amide bonds. The molecule has 0 saturated carbocycles. The fourth-order valence-electron chi connectivity index (χ4n) is 4.55. The average Bonchev–Trinajstić information content (AvgIpc) is 3.24. The Kier molecular flexibility index (Phi) is 10.8. The van der Waals surface area contributed by atoms with Crippen LogP contribution in [-0.2, 0) is 24.9 Å². The molecule has 236 valence electrons. The number of H-pyrrole nitrogens is 1. The van der Waals surface area contributed by atoms with Crippen molar-refractivity contribution in [1.29, 1.82) is 0 Å². The molecule has 1 aromatic carbocycles. The molecule has 0 radical (unpaired) electrons. The normalized spacial score (nSPS) is 21.2. The van der Waals surface area contributed by atoms with E-state index in [9.17, 15) is 9.59 Å². The van der Waals surface area contributed by atoms with Crippen LogP contribution in [0.3, 0.4) is 0 Å². The van der Waals surface area contributed by atoms with Gasteiger partial charge in [-0.15, -0.1) is 0 Å². The van der Waals surface area contributed by atoms with Gasteiger partial charge in [0.2, 0.25) is 0 Å². The van der Waals surface area contributed by atoms with Crippen LogP contribution in [0.25, 0.3) is 0 Å². The molecule has 42 heavy (non-hydrogen) atoms. The van der Waals surface area contributed by atoms with Crippen LogP contribution in [0.2, 0.25) is 36.3 Å². The van der Waals surface area contributed by atoms with Gasteiger partial charge in [-0.3, -0.25) is 14.3 Å². The summed E-state index contributed by atoms with van der Waals surface area (Å²) in [5, 5.41) is 0.0695. The maximum absolute atomic E-state index is 13.1.